The van der Waals surface area contributed by atoms with Gasteiger partial charge in [-0.15, -0.1) is 0 Å². The number of pyridine rings is 3. The van der Waals surface area contributed by atoms with E-state index in [0.717, 1.165) is 24.6 Å². The molecule has 1 aromatic carbocycles. The van der Waals surface area contributed by atoms with Gasteiger partial charge in [-0.1, -0.05) is 6.92 Å². The van der Waals surface area contributed by atoms with Crippen molar-refractivity contribution in [2.75, 3.05) is 45.2 Å². The monoisotopic (exact) mass is 866 g/mol. The van der Waals surface area contributed by atoms with Gasteiger partial charge < -0.3 is 71.3 Å². The number of hydrogen-bond donors (Lipinski definition) is 11. The number of amides is 4. The molecule has 21 heteroatoms. The van der Waals surface area contributed by atoms with Crippen molar-refractivity contribution in [3.63, 3.8) is 0 Å². The number of carbonyl (C=O) groups excluding carboxylic acids is 4. The SMILES string of the molecule is CCCNC(=O)c1c(O)c(=O)ccn1CCO.Nc1ccc(C(=O)NC(CCCNC(=O)c2c(O)c(=O)ccn2CCO)CCCNC(=O)c2c(O)c(=O)ccn2CCO)cc1. The summed E-state index contributed by atoms with van der Waals surface area (Å²) >= 11 is 0. The van der Waals surface area contributed by atoms with Crippen molar-refractivity contribution in [2.24, 2.45) is 0 Å². The topological polar surface area (TPSA) is 330 Å². The van der Waals surface area contributed by atoms with Crippen LogP contribution in [0.25, 0.3) is 0 Å². The highest BCUT2D eigenvalue weighted by molar-refractivity contribution is 5.96. The van der Waals surface area contributed by atoms with Gasteiger partial charge in [0.15, 0.2) is 34.3 Å². The molecule has 3 heterocycles. The first kappa shape index (κ1) is 49.4. The van der Waals surface area contributed by atoms with Crippen molar-refractivity contribution in [1.29, 1.82) is 0 Å². The highest BCUT2D eigenvalue weighted by atomic mass is 16.3. The third-order valence-corrected chi connectivity index (χ3v) is 9.19. The molecule has 21 nitrogen and oxygen atoms in total. The quantitative estimate of drug-likeness (QED) is 0.0361. The van der Waals surface area contributed by atoms with E-state index in [4.69, 9.17) is 10.8 Å². The van der Waals surface area contributed by atoms with Crippen LogP contribution in [0.4, 0.5) is 5.69 Å². The maximum absolute atomic E-state index is 12.9. The lowest BCUT2D eigenvalue weighted by Crippen LogP contribution is -2.37. The number of hydrogen-bond acceptors (Lipinski definition) is 14. The number of rotatable bonds is 21. The fourth-order valence-corrected chi connectivity index (χ4v) is 6.07. The standard InChI is InChI=1S/C30H38N6O9.C11H16N2O4/c31-20-7-5-19(6-8-20)28(43)34-21(3-1-11-32-29(44)24-26(41)22(39)9-13-35(24)15-17-37)4-2-12-33-30(45)25-27(42)23(40)10-14-36(25)16-18-38;1-2-4-12-11(17)9-10(16)8(15)3-5-13(9)6-7-14/h5-10,13-14,21,37-38,41-42H,1-4,11-12,15-18,31H2,(H,32,44)(H,33,45)(H,34,43);3,5,14,16H,2,4,6-7H2,1H3,(H,12,17). The Morgan fingerprint density at radius 1 is 0.565 bits per heavy atom. The predicted molar refractivity (Wildman–Crippen MR) is 226 cm³/mol. The minimum atomic E-state index is -0.731. The molecule has 12 N–H and O–H groups in total. The third kappa shape index (κ3) is 14.1. The van der Waals surface area contributed by atoms with Crippen LogP contribution in [0.2, 0.25) is 0 Å². The summed E-state index contributed by atoms with van der Waals surface area (Å²) in [5.74, 6) is -4.31. The number of aromatic hydroxyl groups is 3. The molecule has 4 aromatic rings. The predicted octanol–water partition coefficient (Wildman–Crippen LogP) is -0.807. The number of anilines is 1. The van der Waals surface area contributed by atoms with Gasteiger partial charge in [-0.25, -0.2) is 0 Å². The second-order valence-electron chi connectivity index (χ2n) is 13.7. The summed E-state index contributed by atoms with van der Waals surface area (Å²) in [6, 6.07) is 9.31. The number of aliphatic hydroxyl groups is 3. The number of carbonyl (C=O) groups is 4. The molecular weight excluding hydrogens is 812 g/mol. The Morgan fingerprint density at radius 3 is 1.26 bits per heavy atom. The second kappa shape index (κ2) is 25.0. The summed E-state index contributed by atoms with van der Waals surface area (Å²) in [4.78, 5) is 85.2. The molecule has 0 aliphatic heterocycles. The van der Waals surface area contributed by atoms with Gasteiger partial charge in [0.2, 0.25) is 16.3 Å². The molecule has 0 saturated heterocycles. The molecule has 0 aliphatic carbocycles. The Labute approximate surface area is 355 Å². The van der Waals surface area contributed by atoms with E-state index in [2.05, 4.69) is 21.3 Å². The number of nitrogens with one attached hydrogen (secondary N) is 4. The number of nitrogens with zero attached hydrogens (tertiary/aromatic N) is 3. The Hall–Kier alpha value is -6.97. The van der Waals surface area contributed by atoms with Crippen molar-refractivity contribution < 1.29 is 49.8 Å². The molecule has 0 radical (unpaired) electrons. The molecule has 4 amide bonds. The van der Waals surface area contributed by atoms with Crippen LogP contribution in [0.5, 0.6) is 17.2 Å². The van der Waals surface area contributed by atoms with Crippen LogP contribution in [0.3, 0.4) is 0 Å². The molecule has 0 aliphatic rings. The first-order valence-electron chi connectivity index (χ1n) is 19.8. The van der Waals surface area contributed by atoms with Crippen LogP contribution >= 0.6 is 0 Å². The van der Waals surface area contributed by atoms with Crippen LogP contribution in [0, 0.1) is 0 Å². The van der Waals surface area contributed by atoms with Crippen molar-refractivity contribution in [3.05, 3.63) is 114 Å². The Kier molecular flexibility index (Phi) is 19.9. The molecule has 0 unspecified atom stereocenters. The maximum atomic E-state index is 12.9. The van der Waals surface area contributed by atoms with E-state index in [0.29, 0.717) is 43.5 Å². The molecule has 0 bridgehead atoms. The minimum Gasteiger partial charge on any atom is -0.503 e. The molecule has 3 aromatic heterocycles. The maximum Gasteiger partial charge on any atom is 0.271 e. The van der Waals surface area contributed by atoms with E-state index in [1.807, 2.05) is 6.92 Å². The van der Waals surface area contributed by atoms with Crippen LogP contribution in [-0.4, -0.2) is 113 Å². The summed E-state index contributed by atoms with van der Waals surface area (Å²) < 4.78 is 3.89. The highest BCUT2D eigenvalue weighted by Crippen LogP contribution is 2.15. The highest BCUT2D eigenvalue weighted by Gasteiger charge is 2.21. The van der Waals surface area contributed by atoms with Gasteiger partial charge in [0.05, 0.1) is 19.8 Å². The number of aromatic nitrogens is 3. The first-order valence-corrected chi connectivity index (χ1v) is 19.8. The molecule has 336 valence electrons. The first-order chi connectivity index (χ1) is 29.7. The lowest BCUT2D eigenvalue weighted by Gasteiger charge is -2.20. The van der Waals surface area contributed by atoms with Crippen molar-refractivity contribution in [2.45, 2.75) is 64.7 Å². The van der Waals surface area contributed by atoms with E-state index < -0.39 is 51.3 Å². The fourth-order valence-electron chi connectivity index (χ4n) is 6.07. The smallest absolute Gasteiger partial charge is 0.271 e. The molecule has 62 heavy (non-hydrogen) atoms. The van der Waals surface area contributed by atoms with Gasteiger partial charge in [0.1, 0.15) is 0 Å². The van der Waals surface area contributed by atoms with E-state index in [-0.39, 0.29) is 81.6 Å². The van der Waals surface area contributed by atoms with Crippen LogP contribution in [0.1, 0.15) is 80.9 Å². The molecule has 4 rings (SSSR count). The number of nitrogens with two attached hydrogens (primary N) is 1. The molecule has 0 fully saturated rings. The summed E-state index contributed by atoms with van der Waals surface area (Å²) in [6.07, 6.45) is 6.35. The molecule has 0 atom stereocenters. The molecular formula is C41H54N8O13. The zero-order valence-electron chi connectivity index (χ0n) is 34.2. The normalized spacial score (nSPS) is 10.7. The van der Waals surface area contributed by atoms with Gasteiger partial charge >= 0.3 is 0 Å². The van der Waals surface area contributed by atoms with Crippen LogP contribution in [0.15, 0.2) is 75.4 Å². The van der Waals surface area contributed by atoms with Gasteiger partial charge in [-0.2, -0.15) is 0 Å². The van der Waals surface area contributed by atoms with Crippen LogP contribution < -0.4 is 43.3 Å². The van der Waals surface area contributed by atoms with E-state index in [1.54, 1.807) is 24.3 Å². The summed E-state index contributed by atoms with van der Waals surface area (Å²) in [7, 11) is 0. The average Bonchev–Trinajstić information content (AvgIpc) is 3.24. The number of benzene rings is 1. The zero-order chi connectivity index (χ0) is 45.8. The van der Waals surface area contributed by atoms with Gasteiger partial charge in [-0.05, 0) is 56.4 Å². The second-order valence-corrected chi connectivity index (χ2v) is 13.7. The molecule has 0 saturated carbocycles. The lowest BCUT2D eigenvalue weighted by atomic mass is 10.0. The minimum absolute atomic E-state index is 0.00422. The fraction of sp³-hybridized carbons (Fsp3) is 0.390. The van der Waals surface area contributed by atoms with E-state index >= 15 is 0 Å². The summed E-state index contributed by atoms with van der Waals surface area (Å²) in [5.41, 5.74) is 3.88. The van der Waals surface area contributed by atoms with Crippen LogP contribution in [-0.2, 0) is 19.6 Å². The van der Waals surface area contributed by atoms with E-state index in [1.165, 1.54) is 32.3 Å². The largest absolute Gasteiger partial charge is 0.503 e. The average molecular weight is 867 g/mol. The van der Waals surface area contributed by atoms with E-state index in [9.17, 15) is 59.1 Å². The van der Waals surface area contributed by atoms with Gasteiger partial charge in [0, 0.05) is 93.4 Å². The van der Waals surface area contributed by atoms with Gasteiger partial charge in [0.25, 0.3) is 23.6 Å². The lowest BCUT2D eigenvalue weighted by molar-refractivity contribution is 0.0914. The number of aliphatic hydroxyl groups excluding tert-OH is 3. The van der Waals surface area contributed by atoms with Crippen molar-refractivity contribution >= 4 is 29.3 Å². The van der Waals surface area contributed by atoms with Crippen molar-refractivity contribution in [3.8, 4) is 17.2 Å². The Morgan fingerprint density at radius 2 is 0.919 bits per heavy atom. The Bertz CT molecular complexity index is 2230. The summed E-state index contributed by atoms with van der Waals surface area (Å²) in [5, 5.41) is 68.1. The molecule has 0 spiro atoms. The Balaban J connectivity index is 0.000000503. The third-order valence-electron chi connectivity index (χ3n) is 9.19. The van der Waals surface area contributed by atoms with Gasteiger partial charge in [-0.3, -0.25) is 33.6 Å². The summed E-state index contributed by atoms with van der Waals surface area (Å²) in [6.45, 7) is 1.96. The zero-order valence-corrected chi connectivity index (χ0v) is 34.2. The van der Waals surface area contributed by atoms with Crippen molar-refractivity contribution in [1.82, 2.24) is 35.0 Å². The number of nitrogen functional groups attached to an aromatic ring is 1.